The molecule has 1 fully saturated rings. The summed E-state index contributed by atoms with van der Waals surface area (Å²) in [6, 6.07) is 20.4. The highest BCUT2D eigenvalue weighted by molar-refractivity contribution is 7.89. The molecule has 0 N–H and O–H groups in total. The molecule has 2 aromatic heterocycles. The van der Waals surface area contributed by atoms with Crippen LogP contribution >= 0.6 is 0 Å². The van der Waals surface area contributed by atoms with Gasteiger partial charge in [0.2, 0.25) is 21.7 Å². The lowest BCUT2D eigenvalue weighted by Crippen LogP contribution is -2.48. The van der Waals surface area contributed by atoms with Crippen LogP contribution in [0.1, 0.15) is 11.8 Å². The monoisotopic (exact) mass is 418 g/mol. The van der Waals surface area contributed by atoms with E-state index in [1.807, 2.05) is 42.5 Å². The van der Waals surface area contributed by atoms with E-state index in [1.54, 1.807) is 36.7 Å². The minimum atomic E-state index is -3.55. The second-order valence-corrected chi connectivity index (χ2v) is 9.04. The highest BCUT2D eigenvalue weighted by Gasteiger charge is 2.40. The van der Waals surface area contributed by atoms with Crippen molar-refractivity contribution in [3.63, 3.8) is 0 Å². The molecule has 5 rings (SSSR count). The quantitative estimate of drug-likeness (QED) is 0.492. The molecule has 0 atom stereocenters. The fourth-order valence-corrected chi connectivity index (χ4v) is 4.94. The van der Waals surface area contributed by atoms with E-state index < -0.39 is 10.0 Å². The Morgan fingerprint density at radius 3 is 2.20 bits per heavy atom. The van der Waals surface area contributed by atoms with Gasteiger partial charge in [-0.2, -0.15) is 9.29 Å². The van der Waals surface area contributed by atoms with E-state index >= 15 is 0 Å². The second-order valence-electron chi connectivity index (χ2n) is 7.10. The summed E-state index contributed by atoms with van der Waals surface area (Å²) < 4.78 is 32.6. The molecule has 1 aliphatic rings. The molecule has 8 heteroatoms. The molecular formula is C22H18N4O3S. The Bertz CT molecular complexity index is 1250. The van der Waals surface area contributed by atoms with Crippen LogP contribution in [-0.4, -0.2) is 40.9 Å². The van der Waals surface area contributed by atoms with E-state index in [2.05, 4.69) is 15.1 Å². The van der Waals surface area contributed by atoms with Gasteiger partial charge in [-0.25, -0.2) is 8.42 Å². The Balaban J connectivity index is 1.28. The lowest BCUT2D eigenvalue weighted by atomic mass is 10.0. The molecule has 0 radical (unpaired) electrons. The first kappa shape index (κ1) is 18.7. The molecule has 1 saturated heterocycles. The highest BCUT2D eigenvalue weighted by Crippen LogP contribution is 2.32. The summed E-state index contributed by atoms with van der Waals surface area (Å²) in [7, 11) is -3.55. The maximum absolute atomic E-state index is 12.9. The Morgan fingerprint density at radius 1 is 0.833 bits per heavy atom. The van der Waals surface area contributed by atoms with E-state index in [0.29, 0.717) is 24.8 Å². The van der Waals surface area contributed by atoms with E-state index in [0.717, 1.165) is 16.7 Å². The van der Waals surface area contributed by atoms with Crippen molar-refractivity contribution in [1.29, 1.82) is 0 Å². The van der Waals surface area contributed by atoms with Gasteiger partial charge in [0.1, 0.15) is 0 Å². The smallest absolute Gasteiger partial charge is 0.243 e. The van der Waals surface area contributed by atoms with Crippen LogP contribution in [0.25, 0.3) is 22.5 Å². The van der Waals surface area contributed by atoms with E-state index in [4.69, 9.17) is 4.52 Å². The molecule has 30 heavy (non-hydrogen) atoms. The van der Waals surface area contributed by atoms with Gasteiger partial charge in [-0.3, -0.25) is 4.98 Å². The topological polar surface area (TPSA) is 89.2 Å². The average Bonchev–Trinajstić information content (AvgIpc) is 3.23. The molecule has 0 saturated carbocycles. The first-order valence-electron chi connectivity index (χ1n) is 9.51. The standard InChI is InChI=1S/C22H18N4O3S/c27-30(28,20-8-6-17(7-9-20)16-4-2-1-3-5-16)26-14-19(15-26)22-24-21(25-29-22)18-10-12-23-13-11-18/h1-13,19H,14-15H2. The fourth-order valence-electron chi connectivity index (χ4n) is 3.41. The SMILES string of the molecule is O=S(=O)(c1ccc(-c2ccccc2)cc1)N1CC(c2nc(-c3ccncc3)no2)C1. The number of aromatic nitrogens is 3. The van der Waals surface area contributed by atoms with Gasteiger partial charge in [0.05, 0.1) is 10.8 Å². The predicted octanol–water partition coefficient (Wildman–Crippen LogP) is 3.59. The van der Waals surface area contributed by atoms with Crippen LogP contribution < -0.4 is 0 Å². The van der Waals surface area contributed by atoms with Gasteiger partial charge < -0.3 is 4.52 Å². The van der Waals surface area contributed by atoms with Crippen LogP contribution in [0.5, 0.6) is 0 Å². The summed E-state index contributed by atoms with van der Waals surface area (Å²) >= 11 is 0. The van der Waals surface area contributed by atoms with Crippen LogP contribution in [-0.2, 0) is 10.0 Å². The molecule has 2 aromatic carbocycles. The number of benzene rings is 2. The van der Waals surface area contributed by atoms with Crippen molar-refractivity contribution in [3.05, 3.63) is 85.0 Å². The van der Waals surface area contributed by atoms with Gasteiger partial charge in [-0.05, 0) is 35.4 Å². The first-order chi connectivity index (χ1) is 14.6. The Morgan fingerprint density at radius 2 is 1.50 bits per heavy atom. The van der Waals surface area contributed by atoms with E-state index in [1.165, 1.54) is 4.31 Å². The zero-order chi connectivity index (χ0) is 20.6. The molecule has 0 amide bonds. The van der Waals surface area contributed by atoms with Crippen molar-refractivity contribution in [3.8, 4) is 22.5 Å². The molecule has 0 aliphatic carbocycles. The zero-order valence-corrected chi connectivity index (χ0v) is 16.7. The van der Waals surface area contributed by atoms with Crippen LogP contribution in [0.4, 0.5) is 0 Å². The van der Waals surface area contributed by atoms with Crippen molar-refractivity contribution in [2.75, 3.05) is 13.1 Å². The summed E-state index contributed by atoms with van der Waals surface area (Å²) in [6.07, 6.45) is 3.32. The summed E-state index contributed by atoms with van der Waals surface area (Å²) in [6.45, 7) is 0.640. The highest BCUT2D eigenvalue weighted by atomic mass is 32.2. The Kier molecular flexibility index (Phi) is 4.65. The summed E-state index contributed by atoms with van der Waals surface area (Å²) in [5.74, 6) is 0.823. The zero-order valence-electron chi connectivity index (χ0n) is 15.9. The Labute approximate surface area is 174 Å². The number of pyridine rings is 1. The summed E-state index contributed by atoms with van der Waals surface area (Å²) in [5, 5.41) is 3.99. The lowest BCUT2D eigenvalue weighted by molar-refractivity contribution is 0.217. The van der Waals surface area contributed by atoms with E-state index in [9.17, 15) is 8.42 Å². The van der Waals surface area contributed by atoms with Gasteiger partial charge >= 0.3 is 0 Å². The second kappa shape index (κ2) is 7.47. The normalized spacial score (nSPS) is 15.1. The van der Waals surface area contributed by atoms with Crippen molar-refractivity contribution in [1.82, 2.24) is 19.4 Å². The maximum Gasteiger partial charge on any atom is 0.243 e. The lowest BCUT2D eigenvalue weighted by Gasteiger charge is -2.35. The number of hydrogen-bond acceptors (Lipinski definition) is 6. The van der Waals surface area contributed by atoms with Crippen molar-refractivity contribution in [2.45, 2.75) is 10.8 Å². The van der Waals surface area contributed by atoms with Gasteiger partial charge in [-0.15, -0.1) is 0 Å². The van der Waals surface area contributed by atoms with E-state index in [-0.39, 0.29) is 10.8 Å². The average molecular weight is 418 g/mol. The largest absolute Gasteiger partial charge is 0.339 e. The number of sulfonamides is 1. The molecule has 1 aliphatic heterocycles. The number of hydrogen-bond donors (Lipinski definition) is 0. The van der Waals surface area contributed by atoms with Gasteiger partial charge in [0.25, 0.3) is 0 Å². The fraction of sp³-hybridized carbons (Fsp3) is 0.136. The third kappa shape index (κ3) is 3.40. The molecule has 4 aromatic rings. The first-order valence-corrected chi connectivity index (χ1v) is 10.9. The minimum Gasteiger partial charge on any atom is -0.339 e. The number of nitrogens with zero attached hydrogens (tertiary/aromatic N) is 4. The van der Waals surface area contributed by atoms with Crippen LogP contribution in [0.3, 0.4) is 0 Å². The molecule has 0 unspecified atom stereocenters. The minimum absolute atomic E-state index is 0.105. The number of rotatable bonds is 5. The molecule has 3 heterocycles. The van der Waals surface area contributed by atoms with Gasteiger partial charge in [0.15, 0.2) is 0 Å². The van der Waals surface area contributed by atoms with Gasteiger partial charge in [0, 0.05) is 31.0 Å². The molecule has 7 nitrogen and oxygen atoms in total. The summed E-state index contributed by atoms with van der Waals surface area (Å²) in [4.78, 5) is 8.66. The van der Waals surface area contributed by atoms with Crippen molar-refractivity contribution >= 4 is 10.0 Å². The summed E-state index contributed by atoms with van der Waals surface area (Å²) in [5.41, 5.74) is 2.83. The van der Waals surface area contributed by atoms with Crippen LogP contribution in [0.2, 0.25) is 0 Å². The molecule has 150 valence electrons. The van der Waals surface area contributed by atoms with Crippen molar-refractivity contribution in [2.24, 2.45) is 0 Å². The molecular weight excluding hydrogens is 400 g/mol. The van der Waals surface area contributed by atoms with Crippen LogP contribution in [0, 0.1) is 0 Å². The molecule has 0 spiro atoms. The van der Waals surface area contributed by atoms with Gasteiger partial charge in [-0.1, -0.05) is 47.6 Å². The van der Waals surface area contributed by atoms with Crippen molar-refractivity contribution < 1.29 is 12.9 Å². The Hall–Kier alpha value is -3.36. The third-order valence-corrected chi connectivity index (χ3v) is 7.02. The molecule has 0 bridgehead atoms. The maximum atomic E-state index is 12.9. The predicted molar refractivity (Wildman–Crippen MR) is 111 cm³/mol. The van der Waals surface area contributed by atoms with Crippen LogP contribution in [0.15, 0.2) is 88.5 Å². The third-order valence-electron chi connectivity index (χ3n) is 5.18.